The number of hydrogen-bond donors (Lipinski definition) is 4. The monoisotopic (exact) mass is 374 g/mol. The molecule has 1 amide bonds. The maximum absolute atomic E-state index is 12.6. The van der Waals surface area contributed by atoms with Crippen LogP contribution in [0.2, 0.25) is 0 Å². The van der Waals surface area contributed by atoms with Crippen molar-refractivity contribution in [1.82, 2.24) is 14.1 Å². The first-order chi connectivity index (χ1) is 12.8. The van der Waals surface area contributed by atoms with Gasteiger partial charge in [-0.15, -0.1) is 0 Å². The van der Waals surface area contributed by atoms with Gasteiger partial charge in [0.1, 0.15) is 17.1 Å². The molecule has 0 bridgehead atoms. The molecule has 0 fully saturated rings. The summed E-state index contributed by atoms with van der Waals surface area (Å²) in [5.41, 5.74) is 9.47. The molecular weight excluding hydrogens is 352 g/mol. The number of pyridine rings is 1. The highest BCUT2D eigenvalue weighted by Gasteiger charge is 2.20. The fourth-order valence-corrected chi connectivity index (χ4v) is 2.60. The fourth-order valence-electron chi connectivity index (χ4n) is 2.60. The summed E-state index contributed by atoms with van der Waals surface area (Å²) in [6, 6.07) is 3.08. The topological polar surface area (TPSA) is 170 Å². The van der Waals surface area contributed by atoms with Crippen molar-refractivity contribution in [2.75, 3.05) is 0 Å². The maximum atomic E-state index is 12.6. The number of amidine groups is 1. The zero-order chi connectivity index (χ0) is 20.1. The largest absolute Gasteiger partial charge is 0.494 e. The molecule has 2 rings (SSSR count). The number of hydrogen-bond acceptors (Lipinski definition) is 6. The Labute approximate surface area is 154 Å². The molecule has 0 aliphatic carbocycles. The molecule has 0 unspecified atom stereocenters. The Kier molecular flexibility index (Phi) is 6.11. The minimum atomic E-state index is -0.820. The zero-order valence-corrected chi connectivity index (χ0v) is 14.9. The minimum Gasteiger partial charge on any atom is -0.494 e. The molecule has 6 N–H and O–H groups in total. The van der Waals surface area contributed by atoms with Gasteiger partial charge in [-0.1, -0.05) is 19.4 Å². The predicted octanol–water partition coefficient (Wildman–Crippen LogP) is -0.464. The van der Waals surface area contributed by atoms with Crippen molar-refractivity contribution in [3.05, 3.63) is 56.0 Å². The molecule has 10 heteroatoms. The second-order valence-electron chi connectivity index (χ2n) is 6.02. The summed E-state index contributed by atoms with van der Waals surface area (Å²) in [4.78, 5) is 40.1. The van der Waals surface area contributed by atoms with Gasteiger partial charge < -0.3 is 16.6 Å². The second-order valence-corrected chi connectivity index (χ2v) is 6.02. The molecule has 2 aromatic heterocycles. The van der Waals surface area contributed by atoms with Crippen LogP contribution in [0.15, 0.2) is 27.9 Å². The zero-order valence-electron chi connectivity index (χ0n) is 14.9. The molecule has 2 aromatic rings. The van der Waals surface area contributed by atoms with Gasteiger partial charge in [0.05, 0.1) is 0 Å². The van der Waals surface area contributed by atoms with Crippen molar-refractivity contribution in [2.45, 2.75) is 39.3 Å². The van der Waals surface area contributed by atoms with Crippen LogP contribution in [-0.2, 0) is 19.5 Å². The third-order valence-electron chi connectivity index (χ3n) is 4.11. The molecule has 2 heterocycles. The van der Waals surface area contributed by atoms with Crippen molar-refractivity contribution >= 4 is 11.7 Å². The lowest BCUT2D eigenvalue weighted by atomic mass is 10.2. The molecule has 0 atom stereocenters. The van der Waals surface area contributed by atoms with Crippen molar-refractivity contribution in [2.24, 2.45) is 11.5 Å². The number of aromatic hydroxyl groups is 1. The van der Waals surface area contributed by atoms with Crippen LogP contribution in [0, 0.1) is 5.41 Å². The van der Waals surface area contributed by atoms with E-state index in [-0.39, 0.29) is 25.2 Å². The smallest absolute Gasteiger partial charge is 0.333 e. The normalized spacial score (nSPS) is 10.7. The number of nitrogens with zero attached hydrogens (tertiary/aromatic N) is 3. The van der Waals surface area contributed by atoms with Crippen molar-refractivity contribution < 1.29 is 9.90 Å². The molecule has 0 saturated heterocycles. The van der Waals surface area contributed by atoms with Crippen LogP contribution in [0.1, 0.15) is 41.4 Å². The van der Waals surface area contributed by atoms with Gasteiger partial charge in [0.2, 0.25) is 5.88 Å². The van der Waals surface area contributed by atoms with Crippen LogP contribution >= 0.6 is 0 Å². The lowest BCUT2D eigenvalue weighted by Crippen LogP contribution is -2.44. The molecule has 0 saturated carbocycles. The Bertz CT molecular complexity index is 975. The highest BCUT2D eigenvalue weighted by atomic mass is 16.3. The van der Waals surface area contributed by atoms with E-state index in [1.54, 1.807) is 6.07 Å². The van der Waals surface area contributed by atoms with E-state index in [1.807, 2.05) is 6.92 Å². The van der Waals surface area contributed by atoms with E-state index >= 15 is 0 Å². The third kappa shape index (κ3) is 4.22. The molecule has 144 valence electrons. The van der Waals surface area contributed by atoms with E-state index in [9.17, 15) is 19.5 Å². The summed E-state index contributed by atoms with van der Waals surface area (Å²) in [6.07, 6.45) is 3.10. The summed E-state index contributed by atoms with van der Waals surface area (Å²) in [5, 5.41) is 17.8. The number of nitrogen functional groups attached to an aromatic ring is 1. The Balaban J connectivity index is 2.41. The van der Waals surface area contributed by atoms with Crippen LogP contribution < -0.4 is 22.7 Å². The summed E-state index contributed by atoms with van der Waals surface area (Å²) in [6.45, 7) is 2.13. The van der Waals surface area contributed by atoms with Crippen molar-refractivity contribution in [3.63, 3.8) is 0 Å². The standard InChI is InChI=1S/C17H22N6O4/c1-2-3-7-22-15(25)12(13(18)19)16(26)23(17(22)27)8-6-10-4-5-11(14(20)24)21-9-10/h4-5,9,25H,2-3,6-8H2,1H3,(H3,18,19)(H2,20,24). The summed E-state index contributed by atoms with van der Waals surface area (Å²) < 4.78 is 1.99. The predicted molar refractivity (Wildman–Crippen MR) is 99.0 cm³/mol. The van der Waals surface area contributed by atoms with Gasteiger partial charge >= 0.3 is 5.69 Å². The molecule has 0 radical (unpaired) electrons. The quantitative estimate of drug-likeness (QED) is 0.359. The average Bonchev–Trinajstić information content (AvgIpc) is 2.61. The number of primary amides is 1. The van der Waals surface area contributed by atoms with Gasteiger partial charge in [-0.25, -0.2) is 4.79 Å². The van der Waals surface area contributed by atoms with E-state index < -0.39 is 34.4 Å². The van der Waals surface area contributed by atoms with Crippen LogP contribution in [0.5, 0.6) is 5.88 Å². The number of aryl methyl sites for hydroxylation is 1. The highest BCUT2D eigenvalue weighted by Crippen LogP contribution is 2.11. The number of carbonyl (C=O) groups is 1. The van der Waals surface area contributed by atoms with Gasteiger partial charge in [-0.3, -0.25) is 29.1 Å². The number of nitrogens with two attached hydrogens (primary N) is 2. The van der Waals surface area contributed by atoms with E-state index in [0.29, 0.717) is 12.0 Å². The Morgan fingerprint density at radius 1 is 1.22 bits per heavy atom. The summed E-state index contributed by atoms with van der Waals surface area (Å²) in [5.74, 6) is -1.85. The molecule has 0 aliphatic rings. The van der Waals surface area contributed by atoms with Crippen molar-refractivity contribution in [1.29, 1.82) is 5.41 Å². The van der Waals surface area contributed by atoms with Gasteiger partial charge in [0.15, 0.2) is 0 Å². The average molecular weight is 374 g/mol. The van der Waals surface area contributed by atoms with E-state index in [4.69, 9.17) is 16.9 Å². The van der Waals surface area contributed by atoms with Crippen LogP contribution in [-0.4, -0.2) is 31.0 Å². The van der Waals surface area contributed by atoms with Crippen LogP contribution in [0.4, 0.5) is 0 Å². The second kappa shape index (κ2) is 8.30. The first-order valence-corrected chi connectivity index (χ1v) is 8.43. The Morgan fingerprint density at radius 2 is 1.93 bits per heavy atom. The third-order valence-corrected chi connectivity index (χ3v) is 4.11. The fraction of sp³-hybridized carbons (Fsp3) is 0.353. The number of carbonyl (C=O) groups excluding carboxylic acids is 1. The maximum Gasteiger partial charge on any atom is 0.333 e. The van der Waals surface area contributed by atoms with Gasteiger partial charge in [-0.2, -0.15) is 0 Å². The number of rotatable bonds is 8. The van der Waals surface area contributed by atoms with Crippen LogP contribution in [0.25, 0.3) is 0 Å². The van der Waals surface area contributed by atoms with Gasteiger partial charge in [-0.05, 0) is 24.5 Å². The van der Waals surface area contributed by atoms with E-state index in [0.717, 1.165) is 15.6 Å². The van der Waals surface area contributed by atoms with Crippen molar-refractivity contribution in [3.8, 4) is 5.88 Å². The van der Waals surface area contributed by atoms with Gasteiger partial charge in [0, 0.05) is 19.3 Å². The van der Waals surface area contributed by atoms with Gasteiger partial charge in [0.25, 0.3) is 11.5 Å². The summed E-state index contributed by atoms with van der Waals surface area (Å²) >= 11 is 0. The first-order valence-electron chi connectivity index (χ1n) is 8.43. The van der Waals surface area contributed by atoms with Crippen LogP contribution in [0.3, 0.4) is 0 Å². The number of amides is 1. The molecule has 0 aliphatic heterocycles. The number of unbranched alkanes of at least 4 members (excludes halogenated alkanes) is 1. The SMILES string of the molecule is CCCCn1c(O)c(C(=N)N)c(=O)n(CCc2ccc(C(N)=O)nc2)c1=O. The molecule has 0 aromatic carbocycles. The molecule has 10 nitrogen and oxygen atoms in total. The molecule has 27 heavy (non-hydrogen) atoms. The Hall–Kier alpha value is -3.43. The molecule has 0 spiro atoms. The van der Waals surface area contributed by atoms with E-state index in [2.05, 4.69) is 4.98 Å². The minimum absolute atomic E-state index is 0.00193. The number of aromatic nitrogens is 3. The Morgan fingerprint density at radius 3 is 2.44 bits per heavy atom. The van der Waals surface area contributed by atoms with E-state index in [1.165, 1.54) is 12.3 Å². The highest BCUT2D eigenvalue weighted by molar-refractivity contribution is 5.96. The summed E-state index contributed by atoms with van der Waals surface area (Å²) in [7, 11) is 0. The number of nitrogens with one attached hydrogen (secondary N) is 1. The lowest BCUT2D eigenvalue weighted by molar-refractivity contribution is 0.0995. The first kappa shape index (κ1) is 19.9. The lowest BCUT2D eigenvalue weighted by Gasteiger charge is -2.15. The molecular formula is C17H22N6O4.